The van der Waals surface area contributed by atoms with E-state index in [9.17, 15) is 20.0 Å². The van der Waals surface area contributed by atoms with Gasteiger partial charge >= 0.3 is 5.69 Å². The molecule has 0 amide bonds. The molecule has 0 saturated carbocycles. The zero-order valence-electron chi connectivity index (χ0n) is 19.5. The first-order chi connectivity index (χ1) is 17.2. The van der Waals surface area contributed by atoms with Gasteiger partial charge in [-0.05, 0) is 55.8 Å². The lowest BCUT2D eigenvalue weighted by Crippen LogP contribution is -2.39. The molecule has 10 heteroatoms. The standard InChI is InChI=1S/C26H21N7O3/c1-26(2,13-27)16-4-3-5-17(10-16)33-23-18(24(35)32(14-34)25(33)36)12-29-20-8-7-19(31-22(20)23)15-6-9-21(28)30-11-15/h3-12,34H,14H2,1-2H3,(H2,28,30). The molecule has 10 nitrogen and oxygen atoms in total. The predicted octanol–water partition coefficient (Wildman–Crippen LogP) is 2.49. The summed E-state index contributed by atoms with van der Waals surface area (Å²) in [6.07, 6.45) is 2.96. The summed E-state index contributed by atoms with van der Waals surface area (Å²) < 4.78 is 2.05. The number of anilines is 1. The molecule has 5 aromatic rings. The second-order valence-corrected chi connectivity index (χ2v) is 8.84. The van der Waals surface area contributed by atoms with Crippen LogP contribution in [0.25, 0.3) is 38.9 Å². The first kappa shape index (κ1) is 22.9. The molecule has 0 unspecified atom stereocenters. The first-order valence-electron chi connectivity index (χ1n) is 11.1. The maximum Gasteiger partial charge on any atom is 0.338 e. The molecule has 0 radical (unpaired) electrons. The quantitative estimate of drug-likeness (QED) is 0.373. The fourth-order valence-electron chi connectivity index (χ4n) is 4.06. The average molecular weight is 480 g/mol. The fraction of sp³-hybridized carbons (Fsp3) is 0.154. The molecule has 0 aliphatic carbocycles. The van der Waals surface area contributed by atoms with Gasteiger partial charge in [-0.25, -0.2) is 19.3 Å². The van der Waals surface area contributed by atoms with Crippen LogP contribution >= 0.6 is 0 Å². The molecule has 3 N–H and O–H groups in total. The van der Waals surface area contributed by atoms with Gasteiger partial charge in [0.15, 0.2) is 0 Å². The summed E-state index contributed by atoms with van der Waals surface area (Å²) in [7, 11) is 0. The molecule has 178 valence electrons. The highest BCUT2D eigenvalue weighted by Gasteiger charge is 2.23. The maximum atomic E-state index is 13.5. The lowest BCUT2D eigenvalue weighted by atomic mass is 9.86. The van der Waals surface area contributed by atoms with Crippen molar-refractivity contribution >= 4 is 27.8 Å². The molecule has 5 rings (SSSR count). The van der Waals surface area contributed by atoms with Crippen molar-refractivity contribution in [3.63, 3.8) is 0 Å². The summed E-state index contributed by atoms with van der Waals surface area (Å²) in [6, 6.07) is 16.1. The van der Waals surface area contributed by atoms with Gasteiger partial charge in [-0.3, -0.25) is 14.3 Å². The lowest BCUT2D eigenvalue weighted by molar-refractivity contribution is 0.200. The van der Waals surface area contributed by atoms with Crippen LogP contribution in [0.15, 0.2) is 70.5 Å². The molecule has 4 aromatic heterocycles. The smallest absolute Gasteiger partial charge is 0.338 e. The minimum atomic E-state index is -0.821. The van der Waals surface area contributed by atoms with Gasteiger partial charge in [-0.15, -0.1) is 0 Å². The van der Waals surface area contributed by atoms with E-state index in [2.05, 4.69) is 16.0 Å². The largest absolute Gasteiger partial charge is 0.384 e. The molecule has 0 aliphatic heterocycles. The van der Waals surface area contributed by atoms with Gasteiger partial charge < -0.3 is 10.8 Å². The van der Waals surface area contributed by atoms with Gasteiger partial charge in [0.05, 0.1) is 39.3 Å². The van der Waals surface area contributed by atoms with Crippen molar-refractivity contribution in [2.24, 2.45) is 0 Å². The Morgan fingerprint density at radius 1 is 1.08 bits per heavy atom. The summed E-state index contributed by atoms with van der Waals surface area (Å²) in [6.45, 7) is 2.74. The van der Waals surface area contributed by atoms with Gasteiger partial charge in [0.25, 0.3) is 5.56 Å². The van der Waals surface area contributed by atoms with E-state index in [0.29, 0.717) is 39.4 Å². The topological polar surface area (TPSA) is 153 Å². The highest BCUT2D eigenvalue weighted by Crippen LogP contribution is 2.28. The monoisotopic (exact) mass is 479 g/mol. The fourth-order valence-corrected chi connectivity index (χ4v) is 4.06. The Labute approximate surface area is 204 Å². The normalized spacial score (nSPS) is 11.6. The van der Waals surface area contributed by atoms with E-state index in [0.717, 1.165) is 4.57 Å². The van der Waals surface area contributed by atoms with E-state index in [1.54, 1.807) is 68.6 Å². The zero-order chi connectivity index (χ0) is 25.6. The molecule has 1 aromatic carbocycles. The van der Waals surface area contributed by atoms with E-state index < -0.39 is 23.4 Å². The second kappa shape index (κ2) is 8.41. The summed E-state index contributed by atoms with van der Waals surface area (Å²) in [5, 5.41) is 19.6. The Kier molecular flexibility index (Phi) is 5.35. The number of fused-ring (bicyclic) bond motifs is 3. The maximum absolute atomic E-state index is 13.5. The number of nitrogens with two attached hydrogens (primary N) is 1. The molecule has 0 aliphatic rings. The lowest BCUT2D eigenvalue weighted by Gasteiger charge is -2.19. The number of hydrogen-bond acceptors (Lipinski definition) is 8. The van der Waals surface area contributed by atoms with Crippen LogP contribution in [-0.2, 0) is 12.1 Å². The van der Waals surface area contributed by atoms with E-state index in [-0.39, 0.29) is 10.9 Å². The Hall–Kier alpha value is -4.88. The number of hydrogen-bond donors (Lipinski definition) is 2. The number of pyridine rings is 3. The number of aliphatic hydroxyl groups excluding tert-OH is 1. The number of rotatable bonds is 4. The van der Waals surface area contributed by atoms with E-state index >= 15 is 0 Å². The number of nitrogens with zero attached hydrogens (tertiary/aromatic N) is 6. The number of benzene rings is 1. The van der Waals surface area contributed by atoms with Crippen LogP contribution in [0.2, 0.25) is 0 Å². The Balaban J connectivity index is 1.92. The van der Waals surface area contributed by atoms with E-state index in [4.69, 9.17) is 10.7 Å². The molecule has 0 atom stereocenters. The van der Waals surface area contributed by atoms with E-state index in [1.165, 1.54) is 10.8 Å². The number of aromatic nitrogens is 5. The summed E-state index contributed by atoms with van der Waals surface area (Å²) in [5.41, 5.74) is 6.85. The van der Waals surface area contributed by atoms with Gasteiger partial charge in [0.1, 0.15) is 18.1 Å². The van der Waals surface area contributed by atoms with Crippen molar-refractivity contribution in [2.75, 3.05) is 5.73 Å². The molecule has 0 spiro atoms. The first-order valence-corrected chi connectivity index (χ1v) is 11.1. The molecular formula is C26H21N7O3. The summed E-state index contributed by atoms with van der Waals surface area (Å²) in [5.74, 6) is 0.366. The average Bonchev–Trinajstić information content (AvgIpc) is 2.89. The molecular weight excluding hydrogens is 458 g/mol. The number of nitriles is 1. The molecule has 4 heterocycles. The van der Waals surface area contributed by atoms with Crippen LogP contribution < -0.4 is 17.0 Å². The van der Waals surface area contributed by atoms with Crippen LogP contribution in [-0.4, -0.2) is 29.2 Å². The molecule has 0 bridgehead atoms. The van der Waals surface area contributed by atoms with Gasteiger partial charge in [-0.1, -0.05) is 12.1 Å². The third-order valence-electron chi connectivity index (χ3n) is 6.14. The third kappa shape index (κ3) is 3.59. The Bertz CT molecular complexity index is 1810. The summed E-state index contributed by atoms with van der Waals surface area (Å²) >= 11 is 0. The van der Waals surface area contributed by atoms with Gasteiger partial charge in [-0.2, -0.15) is 5.26 Å². The van der Waals surface area contributed by atoms with E-state index in [1.807, 2.05) is 0 Å². The van der Waals surface area contributed by atoms with Crippen molar-refractivity contribution in [3.05, 3.63) is 87.3 Å². The minimum absolute atomic E-state index is 0.112. The van der Waals surface area contributed by atoms with Crippen LogP contribution in [0, 0.1) is 11.3 Å². The Morgan fingerprint density at radius 3 is 2.58 bits per heavy atom. The number of nitrogen functional groups attached to an aromatic ring is 1. The van der Waals surface area contributed by atoms with Crippen molar-refractivity contribution in [3.8, 4) is 23.0 Å². The highest BCUT2D eigenvalue weighted by atomic mass is 16.3. The zero-order valence-corrected chi connectivity index (χ0v) is 19.5. The van der Waals surface area contributed by atoms with Crippen molar-refractivity contribution in [2.45, 2.75) is 26.0 Å². The molecule has 36 heavy (non-hydrogen) atoms. The highest BCUT2D eigenvalue weighted by molar-refractivity contribution is 6.01. The van der Waals surface area contributed by atoms with Crippen molar-refractivity contribution < 1.29 is 5.11 Å². The Morgan fingerprint density at radius 2 is 1.89 bits per heavy atom. The number of aliphatic hydroxyl groups is 1. The van der Waals surface area contributed by atoms with Crippen LogP contribution in [0.4, 0.5) is 5.82 Å². The van der Waals surface area contributed by atoms with Crippen LogP contribution in [0.5, 0.6) is 0 Å². The van der Waals surface area contributed by atoms with Gasteiger partial charge in [0.2, 0.25) is 0 Å². The van der Waals surface area contributed by atoms with Crippen LogP contribution in [0.3, 0.4) is 0 Å². The van der Waals surface area contributed by atoms with Gasteiger partial charge in [0, 0.05) is 18.0 Å². The molecule has 0 fully saturated rings. The predicted molar refractivity (Wildman–Crippen MR) is 135 cm³/mol. The van der Waals surface area contributed by atoms with Crippen LogP contribution in [0.1, 0.15) is 19.4 Å². The van der Waals surface area contributed by atoms with Crippen molar-refractivity contribution in [1.82, 2.24) is 24.1 Å². The third-order valence-corrected chi connectivity index (χ3v) is 6.14. The summed E-state index contributed by atoms with van der Waals surface area (Å²) in [4.78, 5) is 39.9. The minimum Gasteiger partial charge on any atom is -0.384 e. The SMILES string of the molecule is CC(C)(C#N)c1cccc(-n2c(=O)n(CO)c(=O)c3cnc4ccc(-c5ccc(N)nc5)nc4c32)c1. The molecule has 0 saturated heterocycles. The second-order valence-electron chi connectivity index (χ2n) is 8.84. The van der Waals surface area contributed by atoms with Crippen molar-refractivity contribution in [1.29, 1.82) is 5.26 Å².